The summed E-state index contributed by atoms with van der Waals surface area (Å²) in [5.74, 6) is -1.15. The predicted octanol–water partition coefficient (Wildman–Crippen LogP) is 3.08. The van der Waals surface area contributed by atoms with Crippen LogP contribution >= 0.6 is 0 Å². The molecule has 0 amide bonds. The smallest absolute Gasteiger partial charge is 0.338 e. The zero-order chi connectivity index (χ0) is 20.5. The Hall–Kier alpha value is -3.27. The number of aryl methyl sites for hydroxylation is 1. The number of aromatic nitrogens is 2. The molecule has 0 aliphatic heterocycles. The average molecular weight is 405 g/mol. The van der Waals surface area contributed by atoms with Crippen molar-refractivity contribution < 1.29 is 26.8 Å². The maximum absolute atomic E-state index is 13.7. The Morgan fingerprint density at radius 1 is 1.18 bits per heavy atom. The van der Waals surface area contributed by atoms with E-state index in [0.717, 1.165) is 0 Å². The van der Waals surface area contributed by atoms with E-state index < -0.39 is 21.8 Å². The van der Waals surface area contributed by atoms with Gasteiger partial charge in [0.1, 0.15) is 5.82 Å². The summed E-state index contributed by atoms with van der Waals surface area (Å²) in [6.07, 6.45) is 0. The minimum Gasteiger partial charge on any atom is -0.465 e. The highest BCUT2D eigenvalue weighted by Gasteiger charge is 2.23. The lowest BCUT2D eigenvalue weighted by molar-refractivity contribution is 0.0599. The van der Waals surface area contributed by atoms with Gasteiger partial charge in [0.05, 0.1) is 17.6 Å². The normalized spacial score (nSPS) is 11.3. The highest BCUT2D eigenvalue weighted by molar-refractivity contribution is 7.92. The van der Waals surface area contributed by atoms with Gasteiger partial charge in [0.25, 0.3) is 10.0 Å². The van der Waals surface area contributed by atoms with E-state index in [-0.39, 0.29) is 27.9 Å². The van der Waals surface area contributed by atoms with E-state index >= 15 is 0 Å². The van der Waals surface area contributed by atoms with E-state index in [1.165, 1.54) is 38.3 Å². The van der Waals surface area contributed by atoms with Crippen molar-refractivity contribution >= 4 is 22.0 Å². The second-order valence-corrected chi connectivity index (χ2v) is 7.55. The molecule has 0 radical (unpaired) electrons. The van der Waals surface area contributed by atoms with Gasteiger partial charge in [0.2, 0.25) is 5.89 Å². The Morgan fingerprint density at radius 3 is 2.61 bits per heavy atom. The molecule has 10 heteroatoms. The lowest BCUT2D eigenvalue weighted by atomic mass is 10.1. The molecular formula is C18H16FN3O5S. The van der Waals surface area contributed by atoms with Crippen LogP contribution in [0.1, 0.15) is 21.5 Å². The number of anilines is 1. The van der Waals surface area contributed by atoms with E-state index in [1.54, 1.807) is 19.1 Å². The van der Waals surface area contributed by atoms with Gasteiger partial charge in [-0.05, 0) is 49.2 Å². The van der Waals surface area contributed by atoms with Gasteiger partial charge in [0.15, 0.2) is 0 Å². The molecule has 1 N–H and O–H groups in total. The van der Waals surface area contributed by atoms with Crippen molar-refractivity contribution in [2.45, 2.75) is 18.7 Å². The molecule has 0 spiro atoms. The van der Waals surface area contributed by atoms with Crippen molar-refractivity contribution in [3.8, 4) is 11.5 Å². The summed E-state index contributed by atoms with van der Waals surface area (Å²) in [7, 11) is -2.92. The summed E-state index contributed by atoms with van der Waals surface area (Å²) < 4.78 is 51.2. The number of hydrogen-bond donors (Lipinski definition) is 1. The van der Waals surface area contributed by atoms with Crippen molar-refractivity contribution in [2.24, 2.45) is 0 Å². The van der Waals surface area contributed by atoms with Gasteiger partial charge < -0.3 is 9.15 Å². The molecule has 0 aliphatic rings. The predicted molar refractivity (Wildman–Crippen MR) is 97.8 cm³/mol. The summed E-state index contributed by atoms with van der Waals surface area (Å²) in [6, 6.07) is 8.15. The first-order chi connectivity index (χ1) is 13.2. The van der Waals surface area contributed by atoms with Gasteiger partial charge in [0, 0.05) is 5.56 Å². The Bertz CT molecular complexity index is 1160. The molecule has 0 aliphatic carbocycles. The third kappa shape index (κ3) is 3.72. The van der Waals surface area contributed by atoms with E-state index in [1.807, 2.05) is 0 Å². The molecule has 0 saturated heterocycles. The summed E-state index contributed by atoms with van der Waals surface area (Å²) in [6.45, 7) is 3.09. The fourth-order valence-corrected chi connectivity index (χ4v) is 3.71. The van der Waals surface area contributed by atoms with Gasteiger partial charge in [-0.15, -0.1) is 5.10 Å². The Kier molecular flexibility index (Phi) is 5.14. The van der Waals surface area contributed by atoms with E-state index in [4.69, 9.17) is 4.42 Å². The molecule has 8 nitrogen and oxygen atoms in total. The fraction of sp³-hybridized carbons (Fsp3) is 0.167. The molecule has 3 rings (SSSR count). The molecular weight excluding hydrogens is 389 g/mol. The topological polar surface area (TPSA) is 111 Å². The van der Waals surface area contributed by atoms with Crippen LogP contribution in [0.4, 0.5) is 10.4 Å². The number of benzene rings is 2. The Morgan fingerprint density at radius 2 is 1.93 bits per heavy atom. The minimum atomic E-state index is -4.12. The number of esters is 1. The average Bonchev–Trinajstić information content (AvgIpc) is 3.11. The second-order valence-electron chi connectivity index (χ2n) is 5.90. The maximum Gasteiger partial charge on any atom is 0.338 e. The van der Waals surface area contributed by atoms with E-state index in [0.29, 0.717) is 11.1 Å². The van der Waals surface area contributed by atoms with Gasteiger partial charge in [-0.2, -0.15) is 0 Å². The molecule has 0 unspecified atom stereocenters. The van der Waals surface area contributed by atoms with Crippen molar-refractivity contribution in [3.63, 3.8) is 0 Å². The van der Waals surface area contributed by atoms with Crippen LogP contribution in [0.2, 0.25) is 0 Å². The van der Waals surface area contributed by atoms with Crippen LogP contribution in [0, 0.1) is 19.7 Å². The molecule has 146 valence electrons. The molecule has 0 bridgehead atoms. The highest BCUT2D eigenvalue weighted by atomic mass is 32.2. The monoisotopic (exact) mass is 405 g/mol. The number of carbonyl (C=O) groups is 1. The zero-order valence-electron chi connectivity index (χ0n) is 15.2. The number of sulfonamides is 1. The number of ether oxygens (including phenoxy) is 1. The van der Waals surface area contributed by atoms with Crippen LogP contribution in [0.3, 0.4) is 0 Å². The number of nitrogens with one attached hydrogen (secondary N) is 1. The van der Waals surface area contributed by atoms with Crippen LogP contribution in [0.25, 0.3) is 11.5 Å². The molecule has 1 heterocycles. The molecule has 1 aromatic heterocycles. The number of nitrogens with zero attached hydrogens (tertiary/aromatic N) is 2. The van der Waals surface area contributed by atoms with E-state index in [2.05, 4.69) is 19.7 Å². The van der Waals surface area contributed by atoms with Gasteiger partial charge in [-0.3, -0.25) is 0 Å². The first kappa shape index (κ1) is 19.5. The maximum atomic E-state index is 13.7. The van der Waals surface area contributed by atoms with Crippen molar-refractivity contribution in [2.75, 3.05) is 11.8 Å². The highest BCUT2D eigenvalue weighted by Crippen LogP contribution is 2.25. The van der Waals surface area contributed by atoms with Crippen LogP contribution in [-0.4, -0.2) is 31.7 Å². The third-order valence-electron chi connectivity index (χ3n) is 4.04. The first-order valence-electron chi connectivity index (χ1n) is 8.03. The molecule has 2 aromatic carbocycles. The largest absolute Gasteiger partial charge is 0.465 e. The molecule has 0 atom stereocenters. The Labute approximate surface area is 160 Å². The van der Waals surface area contributed by atoms with Crippen LogP contribution < -0.4 is 4.72 Å². The number of rotatable bonds is 5. The molecule has 0 saturated carbocycles. The van der Waals surface area contributed by atoms with Gasteiger partial charge in [-0.1, -0.05) is 17.2 Å². The van der Waals surface area contributed by atoms with Crippen molar-refractivity contribution in [3.05, 3.63) is 58.9 Å². The van der Waals surface area contributed by atoms with E-state index in [9.17, 15) is 17.6 Å². The van der Waals surface area contributed by atoms with Gasteiger partial charge in [-0.25, -0.2) is 22.3 Å². The molecule has 0 fully saturated rings. The molecule has 3 aromatic rings. The Balaban J connectivity index is 1.91. The lowest BCUT2D eigenvalue weighted by Crippen LogP contribution is -2.16. The summed E-state index contributed by atoms with van der Waals surface area (Å²) in [5.41, 5.74) is 1.09. The van der Waals surface area contributed by atoms with Crippen LogP contribution in [-0.2, 0) is 14.8 Å². The second kappa shape index (κ2) is 7.39. The van der Waals surface area contributed by atoms with Crippen LogP contribution in [0.5, 0.6) is 0 Å². The number of hydrogen-bond acceptors (Lipinski definition) is 7. The minimum absolute atomic E-state index is 0.0448. The SMILES string of the molecule is COC(=O)c1cccc(S(=O)(=O)Nc2nnc(-c3ccc(C)c(F)c3)o2)c1C. The summed E-state index contributed by atoms with van der Waals surface area (Å²) >= 11 is 0. The third-order valence-corrected chi connectivity index (χ3v) is 5.51. The standard InChI is InChI=1S/C18H16FN3O5S/c1-10-7-8-12(9-14(10)19)16-20-21-18(27-16)22-28(24,25)15-6-4-5-13(11(15)2)17(23)26-3/h4-9H,1-3H3,(H,21,22). The quantitative estimate of drug-likeness (QED) is 0.649. The fourth-order valence-electron chi connectivity index (χ4n) is 2.51. The number of methoxy groups -OCH3 is 1. The molecule has 28 heavy (non-hydrogen) atoms. The van der Waals surface area contributed by atoms with Gasteiger partial charge >= 0.3 is 12.0 Å². The van der Waals surface area contributed by atoms with Crippen LogP contribution in [0.15, 0.2) is 45.7 Å². The summed E-state index contributed by atoms with van der Waals surface area (Å²) in [5, 5.41) is 7.37. The van der Waals surface area contributed by atoms with Crippen molar-refractivity contribution in [1.82, 2.24) is 10.2 Å². The zero-order valence-corrected chi connectivity index (χ0v) is 16.0. The lowest BCUT2D eigenvalue weighted by Gasteiger charge is -2.10. The number of halogens is 1. The summed E-state index contributed by atoms with van der Waals surface area (Å²) in [4.78, 5) is 11.6. The number of carbonyl (C=O) groups excluding carboxylic acids is 1. The van der Waals surface area contributed by atoms with Crippen molar-refractivity contribution in [1.29, 1.82) is 0 Å². The first-order valence-corrected chi connectivity index (χ1v) is 9.52.